The van der Waals surface area contributed by atoms with Gasteiger partial charge in [-0.2, -0.15) is 5.10 Å². The van der Waals surface area contributed by atoms with Gasteiger partial charge in [0.05, 0.1) is 12.6 Å². The SMILES string of the molecule is C=C([C@@H](N)Cn1cccn1)N1CCC[C@H]1C. The van der Waals surface area contributed by atoms with E-state index in [1.54, 1.807) is 6.20 Å². The first-order chi connectivity index (χ1) is 7.68. The second-order valence-corrected chi connectivity index (χ2v) is 4.51. The Morgan fingerprint density at radius 2 is 2.50 bits per heavy atom. The van der Waals surface area contributed by atoms with Crippen molar-refractivity contribution in [3.8, 4) is 0 Å². The summed E-state index contributed by atoms with van der Waals surface area (Å²) >= 11 is 0. The van der Waals surface area contributed by atoms with Crippen molar-refractivity contribution >= 4 is 0 Å². The molecule has 1 aromatic rings. The van der Waals surface area contributed by atoms with Crippen LogP contribution < -0.4 is 5.73 Å². The molecule has 1 aromatic heterocycles. The summed E-state index contributed by atoms with van der Waals surface area (Å²) in [4.78, 5) is 2.33. The molecule has 1 aliphatic heterocycles. The van der Waals surface area contributed by atoms with Crippen LogP contribution in [0.5, 0.6) is 0 Å². The molecule has 0 aromatic carbocycles. The van der Waals surface area contributed by atoms with Crippen molar-refractivity contribution in [2.45, 2.75) is 38.4 Å². The molecule has 2 rings (SSSR count). The van der Waals surface area contributed by atoms with E-state index < -0.39 is 0 Å². The molecule has 2 N–H and O–H groups in total. The van der Waals surface area contributed by atoms with Crippen molar-refractivity contribution in [3.63, 3.8) is 0 Å². The number of nitrogens with two attached hydrogens (primary N) is 1. The summed E-state index contributed by atoms with van der Waals surface area (Å²) < 4.78 is 1.86. The summed E-state index contributed by atoms with van der Waals surface area (Å²) in [7, 11) is 0. The van der Waals surface area contributed by atoms with Gasteiger partial charge in [-0.05, 0) is 25.8 Å². The highest BCUT2D eigenvalue weighted by atomic mass is 15.3. The van der Waals surface area contributed by atoms with Gasteiger partial charge in [0.2, 0.25) is 0 Å². The fourth-order valence-electron chi connectivity index (χ4n) is 2.29. The van der Waals surface area contributed by atoms with Crippen LogP contribution in [-0.2, 0) is 6.54 Å². The molecule has 0 unspecified atom stereocenters. The van der Waals surface area contributed by atoms with E-state index in [4.69, 9.17) is 5.73 Å². The van der Waals surface area contributed by atoms with E-state index in [0.717, 1.165) is 12.2 Å². The summed E-state index contributed by atoms with van der Waals surface area (Å²) in [6.07, 6.45) is 6.19. The Balaban J connectivity index is 1.94. The van der Waals surface area contributed by atoms with Gasteiger partial charge in [0, 0.05) is 30.7 Å². The molecule has 0 bridgehead atoms. The maximum atomic E-state index is 6.15. The monoisotopic (exact) mass is 220 g/mol. The summed E-state index contributed by atoms with van der Waals surface area (Å²) in [6, 6.07) is 2.45. The lowest BCUT2D eigenvalue weighted by atomic mass is 10.2. The van der Waals surface area contributed by atoms with E-state index in [0.29, 0.717) is 12.6 Å². The van der Waals surface area contributed by atoms with Crippen LogP contribution in [0.25, 0.3) is 0 Å². The van der Waals surface area contributed by atoms with Crippen molar-refractivity contribution in [1.29, 1.82) is 0 Å². The summed E-state index contributed by atoms with van der Waals surface area (Å²) in [6.45, 7) is 8.16. The van der Waals surface area contributed by atoms with Gasteiger partial charge >= 0.3 is 0 Å². The van der Waals surface area contributed by atoms with Gasteiger partial charge in [0.25, 0.3) is 0 Å². The molecule has 0 aliphatic carbocycles. The molecule has 0 spiro atoms. The topological polar surface area (TPSA) is 47.1 Å². The van der Waals surface area contributed by atoms with Crippen LogP contribution >= 0.6 is 0 Å². The van der Waals surface area contributed by atoms with Gasteiger partial charge in [-0.15, -0.1) is 0 Å². The molecule has 0 saturated carbocycles. The zero-order valence-corrected chi connectivity index (χ0v) is 9.84. The van der Waals surface area contributed by atoms with Crippen LogP contribution in [-0.4, -0.2) is 33.3 Å². The van der Waals surface area contributed by atoms with Crippen molar-refractivity contribution < 1.29 is 0 Å². The molecule has 0 amide bonds. The average molecular weight is 220 g/mol. The standard InChI is InChI=1S/C12H20N4/c1-10-5-3-8-16(10)11(2)12(13)9-15-7-4-6-14-15/h4,6-7,10,12H,2-3,5,8-9,13H2,1H3/t10-,12+/m1/s1. The molecular formula is C12H20N4. The Bertz CT molecular complexity index is 344. The van der Waals surface area contributed by atoms with Crippen LogP contribution in [0.3, 0.4) is 0 Å². The maximum absolute atomic E-state index is 6.15. The van der Waals surface area contributed by atoms with E-state index >= 15 is 0 Å². The van der Waals surface area contributed by atoms with Crippen LogP contribution in [0.4, 0.5) is 0 Å². The third-order valence-corrected chi connectivity index (χ3v) is 3.29. The number of hydrogen-bond acceptors (Lipinski definition) is 3. The third-order valence-electron chi connectivity index (χ3n) is 3.29. The van der Waals surface area contributed by atoms with Crippen molar-refractivity contribution in [3.05, 3.63) is 30.7 Å². The smallest absolute Gasteiger partial charge is 0.0639 e. The number of aromatic nitrogens is 2. The quantitative estimate of drug-likeness (QED) is 0.829. The van der Waals surface area contributed by atoms with Crippen LogP contribution in [0, 0.1) is 0 Å². The molecule has 1 saturated heterocycles. The Morgan fingerprint density at radius 3 is 3.06 bits per heavy atom. The fourth-order valence-corrected chi connectivity index (χ4v) is 2.29. The predicted molar refractivity (Wildman–Crippen MR) is 64.7 cm³/mol. The van der Waals surface area contributed by atoms with Crippen LogP contribution in [0.15, 0.2) is 30.7 Å². The zero-order valence-electron chi connectivity index (χ0n) is 9.84. The highest BCUT2D eigenvalue weighted by Crippen LogP contribution is 2.22. The molecule has 16 heavy (non-hydrogen) atoms. The second-order valence-electron chi connectivity index (χ2n) is 4.51. The first-order valence-electron chi connectivity index (χ1n) is 5.87. The summed E-state index contributed by atoms with van der Waals surface area (Å²) in [5.74, 6) is 0. The lowest BCUT2D eigenvalue weighted by Crippen LogP contribution is -2.38. The predicted octanol–water partition coefficient (Wildman–Crippen LogP) is 1.21. The largest absolute Gasteiger partial charge is 0.371 e. The third kappa shape index (κ3) is 2.27. The Morgan fingerprint density at radius 1 is 1.69 bits per heavy atom. The van der Waals surface area contributed by atoms with Gasteiger partial charge < -0.3 is 10.6 Å². The minimum absolute atomic E-state index is 0.0413. The van der Waals surface area contributed by atoms with Crippen molar-refractivity contribution in [2.75, 3.05) is 6.54 Å². The van der Waals surface area contributed by atoms with Gasteiger partial charge in [-0.1, -0.05) is 6.58 Å². The molecule has 88 valence electrons. The Labute approximate surface area is 96.7 Å². The molecule has 4 nitrogen and oxygen atoms in total. The molecule has 4 heteroatoms. The van der Waals surface area contributed by atoms with E-state index in [1.807, 2.05) is 16.9 Å². The first-order valence-corrected chi connectivity index (χ1v) is 5.87. The van der Waals surface area contributed by atoms with E-state index in [2.05, 4.69) is 23.5 Å². The number of nitrogens with zero attached hydrogens (tertiary/aromatic N) is 3. The highest BCUT2D eigenvalue weighted by Gasteiger charge is 2.24. The van der Waals surface area contributed by atoms with Gasteiger partial charge in [-0.25, -0.2) is 0 Å². The number of hydrogen-bond donors (Lipinski definition) is 1. The lowest BCUT2D eigenvalue weighted by molar-refractivity contribution is 0.308. The summed E-state index contributed by atoms with van der Waals surface area (Å²) in [5, 5.41) is 4.16. The molecule has 1 fully saturated rings. The Hall–Kier alpha value is -1.29. The minimum Gasteiger partial charge on any atom is -0.371 e. The first kappa shape index (κ1) is 11.2. The Kier molecular flexibility index (Phi) is 3.29. The van der Waals surface area contributed by atoms with Crippen LogP contribution in [0.2, 0.25) is 0 Å². The molecule has 1 aliphatic rings. The van der Waals surface area contributed by atoms with E-state index in [1.165, 1.54) is 12.8 Å². The number of likely N-dealkylation sites (tertiary alicyclic amines) is 1. The summed E-state index contributed by atoms with van der Waals surface area (Å²) in [5.41, 5.74) is 7.19. The molecular weight excluding hydrogens is 200 g/mol. The van der Waals surface area contributed by atoms with E-state index in [9.17, 15) is 0 Å². The minimum atomic E-state index is -0.0413. The highest BCUT2D eigenvalue weighted by molar-refractivity contribution is 5.06. The van der Waals surface area contributed by atoms with E-state index in [-0.39, 0.29) is 6.04 Å². The maximum Gasteiger partial charge on any atom is 0.0639 e. The second kappa shape index (κ2) is 4.70. The van der Waals surface area contributed by atoms with Crippen LogP contribution in [0.1, 0.15) is 19.8 Å². The average Bonchev–Trinajstić information content (AvgIpc) is 2.88. The normalized spacial score (nSPS) is 22.4. The van der Waals surface area contributed by atoms with Crippen molar-refractivity contribution in [1.82, 2.24) is 14.7 Å². The fraction of sp³-hybridized carbons (Fsp3) is 0.583. The molecule has 0 radical (unpaired) electrons. The lowest BCUT2D eigenvalue weighted by Gasteiger charge is -2.29. The van der Waals surface area contributed by atoms with Gasteiger partial charge in [0.15, 0.2) is 0 Å². The number of rotatable bonds is 4. The van der Waals surface area contributed by atoms with Crippen molar-refractivity contribution in [2.24, 2.45) is 5.73 Å². The molecule has 2 heterocycles. The van der Waals surface area contributed by atoms with Gasteiger partial charge in [0.1, 0.15) is 0 Å². The van der Waals surface area contributed by atoms with Gasteiger partial charge in [-0.3, -0.25) is 4.68 Å². The molecule has 2 atom stereocenters. The zero-order chi connectivity index (χ0) is 11.5.